The average Bonchev–Trinajstić information content (AvgIpc) is 2.62. The molecule has 3 rings (SSSR count). The highest BCUT2D eigenvalue weighted by atomic mass is 16.6. The summed E-state index contributed by atoms with van der Waals surface area (Å²) in [6.45, 7) is 6.05. The molecule has 1 fully saturated rings. The van der Waals surface area contributed by atoms with Crippen LogP contribution in [-0.4, -0.2) is 74.0 Å². The lowest BCUT2D eigenvalue weighted by atomic mass is 10.2. The molecule has 7 heteroatoms. The van der Waals surface area contributed by atoms with Crippen molar-refractivity contribution in [3.8, 4) is 11.5 Å². The number of oxime groups is 1. The molecule has 2 heterocycles. The van der Waals surface area contributed by atoms with Gasteiger partial charge >= 0.3 is 0 Å². The van der Waals surface area contributed by atoms with E-state index in [9.17, 15) is 5.11 Å². The van der Waals surface area contributed by atoms with Crippen molar-refractivity contribution in [3.05, 3.63) is 24.3 Å². The molecule has 7 nitrogen and oxygen atoms in total. The second kappa shape index (κ2) is 8.32. The van der Waals surface area contributed by atoms with Crippen molar-refractivity contribution in [2.75, 3.05) is 46.1 Å². The maximum atomic E-state index is 10.0. The van der Waals surface area contributed by atoms with Crippen LogP contribution in [0.5, 0.6) is 11.5 Å². The fourth-order valence-electron chi connectivity index (χ4n) is 2.64. The molecule has 2 atom stereocenters. The Balaban J connectivity index is 1.43. The Morgan fingerprint density at radius 3 is 2.88 bits per heavy atom. The maximum absolute atomic E-state index is 10.0. The van der Waals surface area contributed by atoms with Crippen LogP contribution in [0, 0.1) is 0 Å². The summed E-state index contributed by atoms with van der Waals surface area (Å²) >= 11 is 0. The van der Waals surface area contributed by atoms with Crippen molar-refractivity contribution in [2.45, 2.75) is 19.1 Å². The van der Waals surface area contributed by atoms with Crippen LogP contribution in [0.2, 0.25) is 0 Å². The number of ether oxygens (including phenoxy) is 3. The van der Waals surface area contributed by atoms with Gasteiger partial charge in [0.25, 0.3) is 0 Å². The van der Waals surface area contributed by atoms with Gasteiger partial charge in [0.1, 0.15) is 19.3 Å². The smallest absolute Gasteiger partial charge is 0.174 e. The van der Waals surface area contributed by atoms with Gasteiger partial charge in [-0.05, 0) is 19.1 Å². The number of fused-ring (bicyclic) bond motifs is 1. The van der Waals surface area contributed by atoms with E-state index in [4.69, 9.17) is 19.0 Å². The number of aliphatic hydroxyl groups is 1. The minimum absolute atomic E-state index is 0.152. The molecule has 1 aromatic rings. The molecule has 24 heavy (non-hydrogen) atoms. The zero-order chi connectivity index (χ0) is 16.8. The molecular formula is C17H24N2O5. The van der Waals surface area contributed by atoms with Crippen LogP contribution in [0.4, 0.5) is 0 Å². The van der Waals surface area contributed by atoms with Gasteiger partial charge in [0, 0.05) is 19.6 Å². The summed E-state index contributed by atoms with van der Waals surface area (Å²) in [7, 11) is 0. The lowest BCUT2D eigenvalue weighted by Crippen LogP contribution is -2.42. The van der Waals surface area contributed by atoms with E-state index in [-0.39, 0.29) is 12.7 Å². The van der Waals surface area contributed by atoms with Crippen LogP contribution >= 0.6 is 0 Å². The molecule has 0 saturated carbocycles. The highest BCUT2D eigenvalue weighted by Crippen LogP contribution is 2.31. The predicted molar refractivity (Wildman–Crippen MR) is 88.7 cm³/mol. The summed E-state index contributed by atoms with van der Waals surface area (Å²) < 4.78 is 16.8. The van der Waals surface area contributed by atoms with E-state index in [2.05, 4.69) is 10.1 Å². The topological polar surface area (TPSA) is 72.8 Å². The summed E-state index contributed by atoms with van der Waals surface area (Å²) in [4.78, 5) is 7.44. The van der Waals surface area contributed by atoms with Crippen molar-refractivity contribution >= 4 is 5.71 Å². The minimum Gasteiger partial charge on any atom is -0.485 e. The van der Waals surface area contributed by atoms with E-state index < -0.39 is 6.10 Å². The van der Waals surface area contributed by atoms with Gasteiger partial charge < -0.3 is 24.2 Å². The molecule has 2 aliphatic rings. The summed E-state index contributed by atoms with van der Waals surface area (Å²) in [6, 6.07) is 7.54. The van der Waals surface area contributed by atoms with Crippen LogP contribution in [0.1, 0.15) is 6.92 Å². The molecule has 132 valence electrons. The van der Waals surface area contributed by atoms with Crippen molar-refractivity contribution in [1.82, 2.24) is 4.90 Å². The van der Waals surface area contributed by atoms with E-state index >= 15 is 0 Å². The third-order valence-corrected chi connectivity index (χ3v) is 4.02. The monoisotopic (exact) mass is 336 g/mol. The number of para-hydroxylation sites is 2. The van der Waals surface area contributed by atoms with Crippen molar-refractivity contribution < 1.29 is 24.2 Å². The van der Waals surface area contributed by atoms with Gasteiger partial charge in [-0.25, -0.2) is 0 Å². The number of morpholine rings is 1. The third-order valence-electron chi connectivity index (χ3n) is 4.02. The van der Waals surface area contributed by atoms with Crippen molar-refractivity contribution in [2.24, 2.45) is 5.16 Å². The molecular weight excluding hydrogens is 312 g/mol. The molecule has 0 radical (unpaired) electrons. The van der Waals surface area contributed by atoms with Gasteiger partial charge in [-0.1, -0.05) is 17.3 Å². The lowest BCUT2D eigenvalue weighted by molar-refractivity contribution is -0.0137. The summed E-state index contributed by atoms with van der Waals surface area (Å²) in [5.74, 6) is 1.44. The first kappa shape index (κ1) is 17.0. The third kappa shape index (κ3) is 4.59. The summed E-state index contributed by atoms with van der Waals surface area (Å²) in [6.07, 6.45) is -0.861. The Bertz CT molecular complexity index is 560. The van der Waals surface area contributed by atoms with Gasteiger partial charge in [0.05, 0.1) is 18.9 Å². The fraction of sp³-hybridized carbons (Fsp3) is 0.588. The van der Waals surface area contributed by atoms with Crippen LogP contribution in [0.25, 0.3) is 0 Å². The van der Waals surface area contributed by atoms with Gasteiger partial charge in [-0.15, -0.1) is 0 Å². The second-order valence-electron chi connectivity index (χ2n) is 5.96. The maximum Gasteiger partial charge on any atom is 0.174 e. The highest BCUT2D eigenvalue weighted by molar-refractivity contribution is 5.86. The molecule has 0 amide bonds. The quantitative estimate of drug-likeness (QED) is 0.615. The lowest BCUT2D eigenvalue weighted by Gasteiger charge is -2.28. The Hall–Kier alpha value is -1.83. The number of hydrogen-bond donors (Lipinski definition) is 1. The molecule has 0 bridgehead atoms. The van der Waals surface area contributed by atoms with Crippen LogP contribution in [-0.2, 0) is 9.57 Å². The number of nitrogens with zero attached hydrogens (tertiary/aromatic N) is 2. The molecule has 1 saturated heterocycles. The average molecular weight is 336 g/mol. The van der Waals surface area contributed by atoms with Crippen molar-refractivity contribution in [3.63, 3.8) is 0 Å². The summed E-state index contributed by atoms with van der Waals surface area (Å²) in [5.41, 5.74) is 0.683. The number of rotatable bonds is 6. The molecule has 0 spiro atoms. The van der Waals surface area contributed by atoms with Crippen LogP contribution in [0.3, 0.4) is 0 Å². The molecule has 0 aliphatic carbocycles. The number of β-amino-alcohol motifs (C(OH)–C–C–N with tert-alkyl or cyclic N) is 1. The van der Waals surface area contributed by atoms with E-state index in [1.165, 1.54) is 0 Å². The fourth-order valence-corrected chi connectivity index (χ4v) is 2.64. The molecule has 2 aliphatic heterocycles. The first-order valence-corrected chi connectivity index (χ1v) is 8.25. The molecule has 0 aromatic heterocycles. The number of benzene rings is 1. The standard InChI is InChI=1S/C17H24N2O5/c1-13(17-12-22-15-4-2-3-5-16(15)24-17)18-23-11-14(20)10-19-6-8-21-9-7-19/h2-5,14,17,20H,6-12H2,1H3. The molecule has 2 unspecified atom stereocenters. The SMILES string of the molecule is CC(=NOCC(O)CN1CCOCC1)C1COc2ccccc2O1. The van der Waals surface area contributed by atoms with Crippen molar-refractivity contribution in [1.29, 1.82) is 0 Å². The van der Waals surface area contributed by atoms with E-state index in [1.54, 1.807) is 0 Å². The van der Waals surface area contributed by atoms with Gasteiger partial charge in [-0.2, -0.15) is 0 Å². The zero-order valence-electron chi connectivity index (χ0n) is 13.9. The Morgan fingerprint density at radius 1 is 1.33 bits per heavy atom. The van der Waals surface area contributed by atoms with Gasteiger partial charge in [0.15, 0.2) is 17.6 Å². The second-order valence-corrected chi connectivity index (χ2v) is 5.96. The van der Waals surface area contributed by atoms with Gasteiger partial charge in [0.2, 0.25) is 0 Å². The first-order valence-electron chi connectivity index (χ1n) is 8.25. The number of hydrogen-bond acceptors (Lipinski definition) is 7. The van der Waals surface area contributed by atoms with Gasteiger partial charge in [-0.3, -0.25) is 4.90 Å². The highest BCUT2D eigenvalue weighted by Gasteiger charge is 2.23. The van der Waals surface area contributed by atoms with E-state index in [1.807, 2.05) is 31.2 Å². The normalized spacial score (nSPS) is 22.9. The Morgan fingerprint density at radius 2 is 2.08 bits per heavy atom. The Kier molecular flexibility index (Phi) is 5.90. The predicted octanol–water partition coefficient (Wildman–Crippen LogP) is 0.912. The molecule has 1 N–H and O–H groups in total. The van der Waals surface area contributed by atoms with E-state index in [0.29, 0.717) is 37.8 Å². The largest absolute Gasteiger partial charge is 0.485 e. The van der Waals surface area contributed by atoms with E-state index in [0.717, 1.165) is 18.8 Å². The van der Waals surface area contributed by atoms with Crippen LogP contribution in [0.15, 0.2) is 29.4 Å². The first-order chi connectivity index (χ1) is 11.7. The minimum atomic E-state index is -0.580. The number of aliphatic hydroxyl groups excluding tert-OH is 1. The zero-order valence-corrected chi connectivity index (χ0v) is 13.9. The van der Waals surface area contributed by atoms with Crippen LogP contribution < -0.4 is 9.47 Å². The molecule has 1 aromatic carbocycles. The summed E-state index contributed by atoms with van der Waals surface area (Å²) in [5, 5.41) is 14.1. The Labute approximate surface area is 141 Å².